The second-order valence-electron chi connectivity index (χ2n) is 7.89. The average molecular weight is 328 g/mol. The molecule has 0 spiro atoms. The van der Waals surface area contributed by atoms with Crippen LogP contribution in [0.15, 0.2) is 0 Å². The fraction of sp³-hybridized carbons (Fsp3) is 0.812. The Balaban J connectivity index is 2.73. The molecule has 0 radical (unpaired) electrons. The Hall–Kier alpha value is -1.63. The van der Waals surface area contributed by atoms with Gasteiger partial charge >= 0.3 is 11.9 Å². The summed E-state index contributed by atoms with van der Waals surface area (Å²) in [4.78, 5) is 36.2. The number of hydrazine groups is 1. The van der Waals surface area contributed by atoms with E-state index < -0.39 is 29.2 Å². The van der Waals surface area contributed by atoms with E-state index in [1.807, 2.05) is 0 Å². The quantitative estimate of drug-likeness (QED) is 0.789. The molecule has 1 amide bonds. The lowest BCUT2D eigenvalue weighted by atomic mass is 9.96. The topological polar surface area (TPSA) is 84.9 Å². The monoisotopic (exact) mass is 328 g/mol. The van der Waals surface area contributed by atoms with Gasteiger partial charge in [0.25, 0.3) is 0 Å². The standard InChI is InChI=1S/C16H28N2O5/c1-10-8-11(19)18(9-12(20)22-15(2,3)4)17-13(10)14(21)23-16(5,6)7/h10,13,17H,8-9H2,1-7H3/t10-,13+/m1/s1. The molecular formula is C16H28N2O5. The van der Waals surface area contributed by atoms with E-state index in [2.05, 4.69) is 5.43 Å². The van der Waals surface area contributed by atoms with Gasteiger partial charge in [0.1, 0.15) is 23.8 Å². The molecule has 0 aromatic rings. The van der Waals surface area contributed by atoms with Crippen LogP contribution in [-0.4, -0.2) is 46.6 Å². The molecule has 1 fully saturated rings. The zero-order chi connectivity index (χ0) is 18.0. The summed E-state index contributed by atoms with van der Waals surface area (Å²) >= 11 is 0. The first kappa shape index (κ1) is 19.4. The number of hydrogen-bond acceptors (Lipinski definition) is 6. The van der Waals surface area contributed by atoms with Crippen molar-refractivity contribution >= 4 is 17.8 Å². The molecule has 1 heterocycles. The highest BCUT2D eigenvalue weighted by Crippen LogP contribution is 2.20. The minimum atomic E-state index is -0.672. The second kappa shape index (κ2) is 6.86. The van der Waals surface area contributed by atoms with Gasteiger partial charge in [0, 0.05) is 6.42 Å². The molecule has 132 valence electrons. The maximum absolute atomic E-state index is 12.3. The fourth-order valence-corrected chi connectivity index (χ4v) is 2.16. The summed E-state index contributed by atoms with van der Waals surface area (Å²) in [6, 6.07) is -0.672. The van der Waals surface area contributed by atoms with E-state index in [1.165, 1.54) is 0 Å². The van der Waals surface area contributed by atoms with Crippen LogP contribution in [0, 0.1) is 5.92 Å². The van der Waals surface area contributed by atoms with Gasteiger partial charge in [-0.3, -0.25) is 19.4 Å². The SMILES string of the molecule is C[C@@H]1CC(=O)N(CC(=O)OC(C)(C)C)N[C@@H]1C(=O)OC(C)(C)C. The first-order valence-corrected chi connectivity index (χ1v) is 7.80. The highest BCUT2D eigenvalue weighted by molar-refractivity contribution is 5.85. The third-order valence-corrected chi connectivity index (χ3v) is 3.03. The van der Waals surface area contributed by atoms with Crippen molar-refractivity contribution in [2.24, 2.45) is 5.92 Å². The summed E-state index contributed by atoms with van der Waals surface area (Å²) in [5.74, 6) is -1.43. The molecule has 23 heavy (non-hydrogen) atoms. The summed E-state index contributed by atoms with van der Waals surface area (Å²) in [5.41, 5.74) is 1.55. The van der Waals surface area contributed by atoms with Crippen molar-refractivity contribution in [1.29, 1.82) is 0 Å². The van der Waals surface area contributed by atoms with E-state index in [9.17, 15) is 14.4 Å². The van der Waals surface area contributed by atoms with E-state index in [0.29, 0.717) is 0 Å². The Bertz CT molecular complexity index is 476. The number of esters is 2. The number of ether oxygens (including phenoxy) is 2. The molecule has 1 rings (SSSR count). The Morgan fingerprint density at radius 3 is 2.13 bits per heavy atom. The van der Waals surface area contributed by atoms with E-state index in [0.717, 1.165) is 5.01 Å². The van der Waals surface area contributed by atoms with Gasteiger partial charge in [-0.25, -0.2) is 5.43 Å². The predicted molar refractivity (Wildman–Crippen MR) is 84.1 cm³/mol. The van der Waals surface area contributed by atoms with Crippen LogP contribution < -0.4 is 5.43 Å². The summed E-state index contributed by atoms with van der Waals surface area (Å²) < 4.78 is 10.6. The van der Waals surface area contributed by atoms with Gasteiger partial charge in [-0.1, -0.05) is 6.92 Å². The Morgan fingerprint density at radius 2 is 1.65 bits per heavy atom. The number of amides is 1. The normalized spacial score (nSPS) is 22.7. The zero-order valence-electron chi connectivity index (χ0n) is 15.1. The lowest BCUT2D eigenvalue weighted by Gasteiger charge is -2.37. The number of nitrogens with one attached hydrogen (secondary N) is 1. The third kappa shape index (κ3) is 6.56. The van der Waals surface area contributed by atoms with Crippen LogP contribution in [0.1, 0.15) is 54.9 Å². The van der Waals surface area contributed by atoms with Crippen LogP contribution in [0.3, 0.4) is 0 Å². The van der Waals surface area contributed by atoms with Gasteiger partial charge in [-0.05, 0) is 47.5 Å². The van der Waals surface area contributed by atoms with Crippen LogP contribution in [0.2, 0.25) is 0 Å². The van der Waals surface area contributed by atoms with Gasteiger partial charge in [0.15, 0.2) is 0 Å². The molecule has 1 N–H and O–H groups in total. The van der Waals surface area contributed by atoms with Crippen LogP contribution in [0.4, 0.5) is 0 Å². The molecule has 0 aromatic carbocycles. The summed E-state index contributed by atoms with van der Waals surface area (Å²) in [7, 11) is 0. The highest BCUT2D eigenvalue weighted by Gasteiger charge is 2.38. The van der Waals surface area contributed by atoms with Crippen molar-refractivity contribution in [1.82, 2.24) is 10.4 Å². The number of hydrogen-bond donors (Lipinski definition) is 1. The molecule has 0 saturated carbocycles. The van der Waals surface area contributed by atoms with Gasteiger partial charge in [-0.15, -0.1) is 0 Å². The molecule has 7 nitrogen and oxygen atoms in total. The molecule has 2 atom stereocenters. The minimum Gasteiger partial charge on any atom is -0.459 e. The predicted octanol–water partition coefficient (Wildman–Crippen LogP) is 1.41. The molecule has 0 unspecified atom stereocenters. The van der Waals surface area contributed by atoms with Crippen molar-refractivity contribution in [2.75, 3.05) is 6.54 Å². The van der Waals surface area contributed by atoms with Crippen molar-refractivity contribution in [3.05, 3.63) is 0 Å². The fourth-order valence-electron chi connectivity index (χ4n) is 2.16. The van der Waals surface area contributed by atoms with Gasteiger partial charge < -0.3 is 9.47 Å². The van der Waals surface area contributed by atoms with Crippen LogP contribution >= 0.6 is 0 Å². The smallest absolute Gasteiger partial charge is 0.327 e. The largest absolute Gasteiger partial charge is 0.459 e. The van der Waals surface area contributed by atoms with Crippen molar-refractivity contribution in [3.63, 3.8) is 0 Å². The molecule has 1 aliphatic heterocycles. The Kier molecular flexibility index (Phi) is 5.79. The third-order valence-electron chi connectivity index (χ3n) is 3.03. The average Bonchev–Trinajstić information content (AvgIpc) is 2.27. The number of carbonyl (C=O) groups is 3. The Labute approximate surface area is 137 Å². The summed E-state index contributed by atoms with van der Waals surface area (Å²) in [6.45, 7) is 12.1. The van der Waals surface area contributed by atoms with Crippen LogP contribution in [0.25, 0.3) is 0 Å². The summed E-state index contributed by atoms with van der Waals surface area (Å²) in [5, 5.41) is 1.14. The highest BCUT2D eigenvalue weighted by atomic mass is 16.6. The van der Waals surface area contributed by atoms with Crippen molar-refractivity contribution in [3.8, 4) is 0 Å². The molecule has 0 bridgehead atoms. The van der Waals surface area contributed by atoms with Gasteiger partial charge in [0.2, 0.25) is 5.91 Å². The minimum absolute atomic E-state index is 0.166. The van der Waals surface area contributed by atoms with Crippen molar-refractivity contribution < 1.29 is 23.9 Å². The number of nitrogens with zero attached hydrogens (tertiary/aromatic N) is 1. The van der Waals surface area contributed by atoms with Gasteiger partial charge in [-0.2, -0.15) is 0 Å². The molecule has 1 saturated heterocycles. The number of rotatable bonds is 3. The van der Waals surface area contributed by atoms with E-state index in [4.69, 9.17) is 9.47 Å². The van der Waals surface area contributed by atoms with E-state index in [1.54, 1.807) is 48.5 Å². The Morgan fingerprint density at radius 1 is 1.13 bits per heavy atom. The van der Waals surface area contributed by atoms with Crippen molar-refractivity contribution in [2.45, 2.75) is 72.1 Å². The lowest BCUT2D eigenvalue weighted by molar-refractivity contribution is -0.170. The molecule has 7 heteroatoms. The number of carbonyl (C=O) groups excluding carboxylic acids is 3. The van der Waals surface area contributed by atoms with Crippen LogP contribution in [0.5, 0.6) is 0 Å². The molecule has 0 aromatic heterocycles. The first-order valence-electron chi connectivity index (χ1n) is 7.80. The van der Waals surface area contributed by atoms with Crippen LogP contribution in [-0.2, 0) is 23.9 Å². The summed E-state index contributed by atoms with van der Waals surface area (Å²) in [6.07, 6.45) is 0.166. The second-order valence-corrected chi connectivity index (χ2v) is 7.89. The van der Waals surface area contributed by atoms with Gasteiger partial charge in [0.05, 0.1) is 0 Å². The first-order chi connectivity index (χ1) is 10.3. The lowest BCUT2D eigenvalue weighted by Crippen LogP contribution is -2.61. The van der Waals surface area contributed by atoms with E-state index >= 15 is 0 Å². The molecule has 1 aliphatic rings. The maximum Gasteiger partial charge on any atom is 0.327 e. The van der Waals surface area contributed by atoms with E-state index in [-0.39, 0.29) is 24.8 Å². The molecule has 0 aliphatic carbocycles. The molecular weight excluding hydrogens is 300 g/mol. The zero-order valence-corrected chi connectivity index (χ0v) is 15.1. The maximum atomic E-state index is 12.3.